The maximum atomic E-state index is 12.6. The van der Waals surface area contributed by atoms with Crippen molar-refractivity contribution in [2.24, 2.45) is 12.1 Å². The summed E-state index contributed by atoms with van der Waals surface area (Å²) >= 11 is 7.60. The molecule has 0 spiro atoms. The minimum Gasteiger partial charge on any atom is -0.305 e. The second kappa shape index (κ2) is 8.16. The lowest BCUT2D eigenvalue weighted by atomic mass is 10.1. The maximum absolute atomic E-state index is 12.6. The van der Waals surface area contributed by atoms with Gasteiger partial charge in [-0.1, -0.05) is 65.8 Å². The number of benzene rings is 2. The number of amides is 1. The maximum Gasteiger partial charge on any atom is 0.253 e. The van der Waals surface area contributed by atoms with Crippen molar-refractivity contribution >= 4 is 35.0 Å². The van der Waals surface area contributed by atoms with Gasteiger partial charge in [-0.05, 0) is 17.7 Å². The predicted molar refractivity (Wildman–Crippen MR) is 111 cm³/mol. The van der Waals surface area contributed by atoms with E-state index in [0.717, 1.165) is 23.3 Å². The molecule has 0 bridgehead atoms. The van der Waals surface area contributed by atoms with Crippen LogP contribution in [0.3, 0.4) is 0 Å². The Kier molecular flexibility index (Phi) is 5.45. The molecule has 0 saturated carbocycles. The standard InChI is InChI=1S/C20H18ClN5OS/c1-25-19(15-9-5-6-10-16(15)21)22-23-20(25)28-13-18(27)26-12-11-17(24-26)14-7-3-2-4-8-14/h2-10H,11-13H2,1H3. The van der Waals surface area contributed by atoms with Gasteiger partial charge >= 0.3 is 0 Å². The van der Waals surface area contributed by atoms with Gasteiger partial charge in [0.2, 0.25) is 0 Å². The van der Waals surface area contributed by atoms with E-state index < -0.39 is 0 Å². The van der Waals surface area contributed by atoms with Gasteiger partial charge in [0.15, 0.2) is 11.0 Å². The fourth-order valence-corrected chi connectivity index (χ4v) is 3.99. The SMILES string of the molecule is Cn1c(SCC(=O)N2CCC(c3ccccc3)=N2)nnc1-c1ccccc1Cl. The molecule has 1 aromatic heterocycles. The van der Waals surface area contributed by atoms with Crippen LogP contribution in [0.2, 0.25) is 5.02 Å². The van der Waals surface area contributed by atoms with E-state index in [1.807, 2.05) is 66.2 Å². The normalized spacial score (nSPS) is 13.6. The molecule has 2 aromatic carbocycles. The number of hydrazone groups is 1. The fourth-order valence-electron chi connectivity index (χ4n) is 2.99. The Morgan fingerprint density at radius 2 is 1.86 bits per heavy atom. The van der Waals surface area contributed by atoms with E-state index in [-0.39, 0.29) is 11.7 Å². The van der Waals surface area contributed by atoms with E-state index in [1.54, 1.807) is 5.01 Å². The molecule has 0 N–H and O–H groups in total. The van der Waals surface area contributed by atoms with Crippen LogP contribution in [0.4, 0.5) is 0 Å². The molecule has 1 aliphatic rings. The van der Waals surface area contributed by atoms with E-state index in [2.05, 4.69) is 15.3 Å². The Balaban J connectivity index is 1.42. The molecule has 4 rings (SSSR count). The highest BCUT2D eigenvalue weighted by Crippen LogP contribution is 2.28. The number of rotatable bonds is 5. The first-order valence-electron chi connectivity index (χ1n) is 8.84. The van der Waals surface area contributed by atoms with Gasteiger partial charge in [-0.15, -0.1) is 10.2 Å². The molecule has 1 amide bonds. The van der Waals surface area contributed by atoms with E-state index in [0.29, 0.717) is 22.5 Å². The van der Waals surface area contributed by atoms with Crippen molar-refractivity contribution in [2.45, 2.75) is 11.6 Å². The van der Waals surface area contributed by atoms with Crippen LogP contribution in [0, 0.1) is 0 Å². The second-order valence-electron chi connectivity index (χ2n) is 6.31. The van der Waals surface area contributed by atoms with Gasteiger partial charge in [0.1, 0.15) is 0 Å². The third-order valence-electron chi connectivity index (χ3n) is 4.47. The third kappa shape index (κ3) is 3.81. The zero-order valence-corrected chi connectivity index (χ0v) is 16.8. The van der Waals surface area contributed by atoms with Gasteiger partial charge in [0.25, 0.3) is 5.91 Å². The van der Waals surface area contributed by atoms with Crippen LogP contribution in [0.1, 0.15) is 12.0 Å². The van der Waals surface area contributed by atoms with Crippen LogP contribution in [0.5, 0.6) is 0 Å². The highest BCUT2D eigenvalue weighted by Gasteiger charge is 2.22. The Hall–Kier alpha value is -2.64. The number of aromatic nitrogens is 3. The number of carbonyl (C=O) groups excluding carboxylic acids is 1. The number of halogens is 1. The van der Waals surface area contributed by atoms with Gasteiger partial charge in [0.05, 0.1) is 23.0 Å². The number of nitrogens with zero attached hydrogens (tertiary/aromatic N) is 5. The molecule has 0 aliphatic carbocycles. The van der Waals surface area contributed by atoms with Crippen molar-refractivity contribution in [2.75, 3.05) is 12.3 Å². The van der Waals surface area contributed by atoms with Crippen molar-refractivity contribution < 1.29 is 4.79 Å². The zero-order valence-electron chi connectivity index (χ0n) is 15.2. The van der Waals surface area contributed by atoms with Crippen molar-refractivity contribution in [3.05, 3.63) is 65.2 Å². The number of carbonyl (C=O) groups is 1. The van der Waals surface area contributed by atoms with Crippen LogP contribution < -0.4 is 0 Å². The first-order valence-corrected chi connectivity index (χ1v) is 10.2. The summed E-state index contributed by atoms with van der Waals surface area (Å²) in [4.78, 5) is 12.6. The summed E-state index contributed by atoms with van der Waals surface area (Å²) < 4.78 is 1.85. The molecular formula is C20H18ClN5OS. The summed E-state index contributed by atoms with van der Waals surface area (Å²) in [6.07, 6.45) is 0.765. The van der Waals surface area contributed by atoms with E-state index >= 15 is 0 Å². The average molecular weight is 412 g/mol. The third-order valence-corrected chi connectivity index (χ3v) is 5.81. The fraction of sp³-hybridized carbons (Fsp3) is 0.200. The van der Waals surface area contributed by atoms with Crippen LogP contribution in [-0.4, -0.2) is 43.7 Å². The van der Waals surface area contributed by atoms with Gasteiger partial charge < -0.3 is 4.57 Å². The molecule has 3 aromatic rings. The minimum absolute atomic E-state index is 0.0433. The molecular weight excluding hydrogens is 394 g/mol. The summed E-state index contributed by atoms with van der Waals surface area (Å²) in [7, 11) is 1.87. The molecule has 1 aliphatic heterocycles. The van der Waals surface area contributed by atoms with Crippen molar-refractivity contribution in [3.8, 4) is 11.4 Å². The lowest BCUT2D eigenvalue weighted by molar-refractivity contribution is -0.127. The van der Waals surface area contributed by atoms with Gasteiger partial charge in [-0.25, -0.2) is 5.01 Å². The number of hydrogen-bond donors (Lipinski definition) is 0. The molecule has 142 valence electrons. The summed E-state index contributed by atoms with van der Waals surface area (Å²) in [5.74, 6) is 0.879. The van der Waals surface area contributed by atoms with E-state index in [9.17, 15) is 4.79 Å². The molecule has 8 heteroatoms. The molecule has 0 saturated heterocycles. The van der Waals surface area contributed by atoms with Crippen LogP contribution in [-0.2, 0) is 11.8 Å². The lowest BCUT2D eigenvalue weighted by Gasteiger charge is -2.10. The van der Waals surface area contributed by atoms with E-state index in [1.165, 1.54) is 11.8 Å². The number of hydrogen-bond acceptors (Lipinski definition) is 5. The Bertz CT molecular complexity index is 1030. The van der Waals surface area contributed by atoms with Crippen molar-refractivity contribution in [1.82, 2.24) is 19.8 Å². The summed E-state index contributed by atoms with van der Waals surface area (Å²) in [6, 6.07) is 17.4. The lowest BCUT2D eigenvalue weighted by Crippen LogP contribution is -2.25. The Labute approximate surface area is 172 Å². The molecule has 28 heavy (non-hydrogen) atoms. The van der Waals surface area contributed by atoms with Crippen molar-refractivity contribution in [1.29, 1.82) is 0 Å². The molecule has 6 nitrogen and oxygen atoms in total. The Morgan fingerprint density at radius 1 is 1.11 bits per heavy atom. The second-order valence-corrected chi connectivity index (χ2v) is 7.66. The largest absolute Gasteiger partial charge is 0.305 e. The van der Waals surface area contributed by atoms with E-state index in [4.69, 9.17) is 11.6 Å². The van der Waals surface area contributed by atoms with Crippen LogP contribution in [0.25, 0.3) is 11.4 Å². The van der Waals surface area contributed by atoms with Gasteiger partial charge in [-0.3, -0.25) is 4.79 Å². The highest BCUT2D eigenvalue weighted by atomic mass is 35.5. The van der Waals surface area contributed by atoms with Crippen molar-refractivity contribution in [3.63, 3.8) is 0 Å². The highest BCUT2D eigenvalue weighted by molar-refractivity contribution is 7.99. The number of thioether (sulfide) groups is 1. The molecule has 0 radical (unpaired) electrons. The minimum atomic E-state index is -0.0433. The van der Waals surface area contributed by atoms with Gasteiger partial charge in [-0.2, -0.15) is 5.10 Å². The quantitative estimate of drug-likeness (QED) is 0.598. The molecule has 2 heterocycles. The molecule has 0 unspecified atom stereocenters. The average Bonchev–Trinajstić information content (AvgIpc) is 3.35. The predicted octanol–water partition coefficient (Wildman–Crippen LogP) is 3.86. The summed E-state index contributed by atoms with van der Waals surface area (Å²) in [6.45, 7) is 0.604. The van der Waals surface area contributed by atoms with Crippen LogP contribution in [0.15, 0.2) is 64.9 Å². The monoisotopic (exact) mass is 411 g/mol. The van der Waals surface area contributed by atoms with Crippen LogP contribution >= 0.6 is 23.4 Å². The Morgan fingerprint density at radius 3 is 2.64 bits per heavy atom. The smallest absolute Gasteiger partial charge is 0.253 e. The zero-order chi connectivity index (χ0) is 19.5. The molecule has 0 fully saturated rings. The molecule has 0 atom stereocenters. The first-order chi connectivity index (χ1) is 13.6. The van der Waals surface area contributed by atoms with Gasteiger partial charge in [0, 0.05) is 19.0 Å². The topological polar surface area (TPSA) is 63.4 Å². The first kappa shape index (κ1) is 18.7. The summed E-state index contributed by atoms with van der Waals surface area (Å²) in [5.41, 5.74) is 2.82. The summed E-state index contributed by atoms with van der Waals surface area (Å²) in [5, 5.41) is 15.7.